The number of ether oxygens (including phenoxy) is 3. The van der Waals surface area contributed by atoms with Crippen LogP contribution in [0.4, 0.5) is 4.79 Å². The van der Waals surface area contributed by atoms with E-state index in [1.807, 2.05) is 41.5 Å². The van der Waals surface area contributed by atoms with Crippen molar-refractivity contribution in [3.8, 4) is 0 Å². The summed E-state index contributed by atoms with van der Waals surface area (Å²) in [4.78, 5) is 38.8. The number of Topliss-reactive ketones (excluding diaryl/α,β-unsaturated/α-hetero) is 1. The highest BCUT2D eigenvalue weighted by Gasteiger charge is 2.61. The van der Waals surface area contributed by atoms with E-state index in [0.29, 0.717) is 24.2 Å². The Hall–Kier alpha value is -1.67. The number of fused-ring (bicyclic) bond motifs is 1. The molecule has 3 atom stereocenters. The number of rotatable bonds is 9. The van der Waals surface area contributed by atoms with Crippen LogP contribution in [0, 0.1) is 16.7 Å². The van der Waals surface area contributed by atoms with E-state index in [4.69, 9.17) is 18.6 Å². The average Bonchev–Trinajstić information content (AvgIpc) is 3.03. The van der Waals surface area contributed by atoms with Gasteiger partial charge in [-0.05, 0) is 50.2 Å². The molecule has 2 fully saturated rings. The lowest BCUT2D eigenvalue weighted by Gasteiger charge is -2.53. The number of carbonyl (C=O) groups is 3. The van der Waals surface area contributed by atoms with Crippen molar-refractivity contribution in [3.63, 3.8) is 0 Å². The zero-order valence-electron chi connectivity index (χ0n) is 23.0. The molecule has 0 unspecified atom stereocenters. The van der Waals surface area contributed by atoms with Gasteiger partial charge in [0.25, 0.3) is 0 Å². The lowest BCUT2D eigenvalue weighted by Crippen LogP contribution is -2.57. The van der Waals surface area contributed by atoms with Gasteiger partial charge in [0.15, 0.2) is 14.1 Å². The van der Waals surface area contributed by atoms with Crippen LogP contribution in [0.15, 0.2) is 11.3 Å². The maximum atomic E-state index is 13.6. The van der Waals surface area contributed by atoms with Crippen LogP contribution < -0.4 is 0 Å². The van der Waals surface area contributed by atoms with Crippen molar-refractivity contribution in [1.82, 2.24) is 0 Å². The Morgan fingerprint density at radius 1 is 1.06 bits per heavy atom. The molecule has 0 N–H and O–H groups in total. The summed E-state index contributed by atoms with van der Waals surface area (Å²) in [5.74, 6) is -0.172. The molecule has 2 heterocycles. The van der Waals surface area contributed by atoms with Crippen molar-refractivity contribution >= 4 is 26.2 Å². The van der Waals surface area contributed by atoms with E-state index < -0.39 is 43.1 Å². The van der Waals surface area contributed by atoms with Crippen LogP contribution in [0.2, 0.25) is 18.1 Å². The summed E-state index contributed by atoms with van der Waals surface area (Å²) in [5, 5.41) is 0. The Bertz CT molecular complexity index is 891. The van der Waals surface area contributed by atoms with Gasteiger partial charge in [0.2, 0.25) is 0 Å². The van der Waals surface area contributed by atoms with E-state index in [2.05, 4.69) is 20.8 Å². The van der Waals surface area contributed by atoms with Crippen molar-refractivity contribution in [2.45, 2.75) is 124 Å². The highest BCUT2D eigenvalue weighted by molar-refractivity contribution is 6.73. The number of carbonyl (C=O) groups excluding carboxylic acids is 3. The minimum absolute atomic E-state index is 0.00793. The van der Waals surface area contributed by atoms with Gasteiger partial charge in [-0.25, -0.2) is 4.79 Å². The molecular weight excluding hydrogens is 464 g/mol. The number of ketones is 1. The molecule has 8 heteroatoms. The molecule has 0 aromatic carbocycles. The minimum Gasteiger partial charge on any atom is -0.430 e. The van der Waals surface area contributed by atoms with Crippen LogP contribution in [0.25, 0.3) is 0 Å². The van der Waals surface area contributed by atoms with Crippen LogP contribution in [0.1, 0.15) is 88.0 Å². The second-order valence-corrected chi connectivity index (χ2v) is 16.8. The molecule has 3 rings (SSSR count). The third-order valence-electron chi connectivity index (χ3n) is 8.74. The fourth-order valence-electron chi connectivity index (χ4n) is 5.99. The third-order valence-corrected chi connectivity index (χ3v) is 13.4. The molecule has 0 saturated carbocycles. The van der Waals surface area contributed by atoms with E-state index >= 15 is 0 Å². The molecule has 2 aliphatic heterocycles. The van der Waals surface area contributed by atoms with Gasteiger partial charge in [-0.2, -0.15) is 0 Å². The number of allylic oxidation sites excluding steroid dienone is 1. The van der Waals surface area contributed by atoms with E-state index in [9.17, 15) is 14.4 Å². The van der Waals surface area contributed by atoms with Crippen molar-refractivity contribution in [1.29, 1.82) is 0 Å². The normalized spacial score (nSPS) is 30.0. The van der Waals surface area contributed by atoms with Crippen molar-refractivity contribution in [2.75, 3.05) is 0 Å². The van der Waals surface area contributed by atoms with Gasteiger partial charge >= 0.3 is 12.1 Å². The summed E-state index contributed by atoms with van der Waals surface area (Å²) in [5.41, 5.74) is -1.46. The lowest BCUT2D eigenvalue weighted by molar-refractivity contribution is -0.160. The monoisotopic (exact) mass is 508 g/mol. The second-order valence-electron chi connectivity index (χ2n) is 12.1. The first-order chi connectivity index (χ1) is 16.2. The maximum Gasteiger partial charge on any atom is 0.509 e. The Morgan fingerprint density at radius 2 is 1.66 bits per heavy atom. The van der Waals surface area contributed by atoms with Crippen molar-refractivity contribution in [3.05, 3.63) is 11.3 Å². The summed E-state index contributed by atoms with van der Waals surface area (Å²) >= 11 is 0. The molecule has 0 radical (unpaired) electrons. The second kappa shape index (κ2) is 9.65. The highest BCUT2D eigenvalue weighted by atomic mass is 28.4. The summed E-state index contributed by atoms with van der Waals surface area (Å²) in [6.07, 6.45) is 0.240. The average molecular weight is 509 g/mol. The topological polar surface area (TPSA) is 88.1 Å². The molecule has 0 bridgehead atoms. The molecule has 35 heavy (non-hydrogen) atoms. The molecule has 7 nitrogen and oxygen atoms in total. The smallest absolute Gasteiger partial charge is 0.430 e. The third kappa shape index (κ3) is 4.97. The predicted octanol–water partition coefficient (Wildman–Crippen LogP) is 6.31. The van der Waals surface area contributed by atoms with E-state index in [1.54, 1.807) is 0 Å². The summed E-state index contributed by atoms with van der Waals surface area (Å²) in [6.45, 7) is 18.0. The Kier molecular flexibility index (Phi) is 7.70. The van der Waals surface area contributed by atoms with Crippen LogP contribution in [-0.4, -0.2) is 44.0 Å². The quantitative estimate of drug-likeness (QED) is 0.266. The van der Waals surface area contributed by atoms with E-state index in [0.717, 1.165) is 24.6 Å². The molecule has 1 aliphatic carbocycles. The number of cyclic esters (lactones) is 2. The maximum absolute atomic E-state index is 13.6. The van der Waals surface area contributed by atoms with Crippen LogP contribution in [0.5, 0.6) is 0 Å². The standard InChI is InChI=1S/C27H44O7Si/c1-10-35(11-2,12-3)34-18-15-20(28)32-23-21(22(29)17(4)5)25(6,7)13-14-27(18,23)16-19-26(8,9)33-24(30)31-19/h17-19H,10-16H2,1-9H3/t18-,19+,27+/m1/s1. The predicted molar refractivity (Wildman–Crippen MR) is 135 cm³/mol. The minimum atomic E-state index is -2.12. The fourth-order valence-corrected chi connectivity index (χ4v) is 8.90. The molecule has 198 valence electrons. The molecule has 3 aliphatic rings. The molecule has 0 amide bonds. The summed E-state index contributed by atoms with van der Waals surface area (Å²) in [7, 11) is -2.12. The van der Waals surface area contributed by atoms with Gasteiger partial charge in [-0.3, -0.25) is 9.59 Å². The largest absolute Gasteiger partial charge is 0.509 e. The first-order valence-corrected chi connectivity index (χ1v) is 15.8. The van der Waals surface area contributed by atoms with Gasteiger partial charge in [-0.15, -0.1) is 0 Å². The Labute approximate surface area is 211 Å². The Balaban J connectivity index is 2.24. The highest BCUT2D eigenvalue weighted by Crippen LogP contribution is 2.59. The molecule has 2 saturated heterocycles. The number of esters is 1. The first kappa shape index (κ1) is 27.9. The zero-order valence-corrected chi connectivity index (χ0v) is 24.0. The summed E-state index contributed by atoms with van der Waals surface area (Å²) < 4.78 is 24.2. The van der Waals surface area contributed by atoms with Gasteiger partial charge in [-0.1, -0.05) is 48.5 Å². The van der Waals surface area contributed by atoms with E-state index in [1.165, 1.54) is 0 Å². The van der Waals surface area contributed by atoms with Crippen LogP contribution in [-0.2, 0) is 28.2 Å². The van der Waals surface area contributed by atoms with E-state index in [-0.39, 0.29) is 24.1 Å². The molecule has 0 aromatic heterocycles. The summed E-state index contributed by atoms with van der Waals surface area (Å²) in [6, 6.07) is 2.82. The molecular formula is C27H44O7Si. The van der Waals surface area contributed by atoms with Crippen molar-refractivity contribution < 1.29 is 33.0 Å². The SMILES string of the molecule is CC[Si](CC)(CC)O[C@@H]1CC(=O)OC2=C(C(=O)C(C)C)C(C)(C)CC[C@@]21C[C@@H]1OC(=O)OC1(C)C. The van der Waals surface area contributed by atoms with Gasteiger partial charge < -0.3 is 18.6 Å². The first-order valence-electron chi connectivity index (χ1n) is 13.2. The fraction of sp³-hybridized carbons (Fsp3) is 0.815. The molecule has 0 spiro atoms. The zero-order chi connectivity index (χ0) is 26.4. The van der Waals surface area contributed by atoms with Crippen LogP contribution >= 0.6 is 0 Å². The lowest BCUT2D eigenvalue weighted by atomic mass is 9.58. The number of hydrogen-bond donors (Lipinski definition) is 0. The van der Waals surface area contributed by atoms with Crippen LogP contribution in [0.3, 0.4) is 0 Å². The van der Waals surface area contributed by atoms with Gasteiger partial charge in [0.1, 0.15) is 17.5 Å². The number of hydrogen-bond acceptors (Lipinski definition) is 7. The van der Waals surface area contributed by atoms with Gasteiger partial charge in [0, 0.05) is 17.9 Å². The van der Waals surface area contributed by atoms with Gasteiger partial charge in [0.05, 0.1) is 17.9 Å². The van der Waals surface area contributed by atoms with Crippen molar-refractivity contribution in [2.24, 2.45) is 16.7 Å². The Morgan fingerprint density at radius 3 is 2.14 bits per heavy atom. The molecule has 0 aromatic rings.